The summed E-state index contributed by atoms with van der Waals surface area (Å²) in [6.07, 6.45) is 5.59. The molecule has 1 N–H and O–H groups in total. The Kier molecular flexibility index (Phi) is 9.95. The second kappa shape index (κ2) is 13.4. The van der Waals surface area contributed by atoms with Gasteiger partial charge < -0.3 is 19.7 Å². The molecule has 0 bridgehead atoms. The highest BCUT2D eigenvalue weighted by atomic mass is 32.2. The molecule has 0 radical (unpaired) electrons. The van der Waals surface area contributed by atoms with E-state index >= 15 is 0 Å². The maximum absolute atomic E-state index is 14.1. The first-order valence-electron chi connectivity index (χ1n) is 14.3. The van der Waals surface area contributed by atoms with Crippen LogP contribution in [0.2, 0.25) is 0 Å². The summed E-state index contributed by atoms with van der Waals surface area (Å²) < 4.78 is 38.9. The van der Waals surface area contributed by atoms with Crippen molar-refractivity contribution < 1.29 is 27.5 Å². The monoisotopic (exact) mass is 571 g/mol. The quantitative estimate of drug-likeness (QED) is 0.434. The van der Waals surface area contributed by atoms with E-state index in [1.54, 1.807) is 25.1 Å². The summed E-state index contributed by atoms with van der Waals surface area (Å²) in [4.78, 5) is 29.2. The molecular formula is C30H41N3O6S. The van der Waals surface area contributed by atoms with Crippen molar-refractivity contribution in [2.45, 2.75) is 77.9 Å². The van der Waals surface area contributed by atoms with Gasteiger partial charge in [-0.3, -0.25) is 13.9 Å². The van der Waals surface area contributed by atoms with E-state index in [-0.39, 0.29) is 24.2 Å². The molecular weight excluding hydrogens is 530 g/mol. The van der Waals surface area contributed by atoms with Crippen molar-refractivity contribution in [3.05, 3.63) is 53.6 Å². The number of carbonyl (C=O) groups is 2. The molecule has 9 nitrogen and oxygen atoms in total. The summed E-state index contributed by atoms with van der Waals surface area (Å²) in [7, 11) is -3.84. The molecule has 1 aliphatic heterocycles. The first-order valence-corrected chi connectivity index (χ1v) is 15.9. The molecule has 1 fully saturated rings. The number of amides is 2. The van der Waals surface area contributed by atoms with Gasteiger partial charge in [-0.2, -0.15) is 0 Å². The molecule has 1 unspecified atom stereocenters. The molecule has 2 aliphatic rings. The molecule has 1 aliphatic carbocycles. The molecule has 0 aromatic heterocycles. The number of carbonyl (C=O) groups excluding carboxylic acids is 2. The molecule has 4 rings (SSSR count). The average molecular weight is 572 g/mol. The summed E-state index contributed by atoms with van der Waals surface area (Å²) in [5.74, 6) is 0.136. The Bertz CT molecular complexity index is 1290. The Morgan fingerprint density at radius 1 is 1.00 bits per heavy atom. The smallest absolute Gasteiger partial charge is 0.244 e. The molecule has 1 atom stereocenters. The van der Waals surface area contributed by atoms with Crippen molar-refractivity contribution in [2.24, 2.45) is 0 Å². The number of ether oxygens (including phenoxy) is 2. The van der Waals surface area contributed by atoms with Gasteiger partial charge in [0.25, 0.3) is 0 Å². The van der Waals surface area contributed by atoms with E-state index in [1.807, 2.05) is 38.1 Å². The number of nitrogens with one attached hydrogen (secondary N) is 1. The predicted molar refractivity (Wildman–Crippen MR) is 155 cm³/mol. The lowest BCUT2D eigenvalue weighted by Crippen LogP contribution is -2.54. The standard InChI is InChI=1S/C30H41N3O6S/c1-4-26(30(35)31-24-13-7-6-8-14-24)32(20-23-12-10-9-11-22(23)3)29(34)21-33(40(36,37)5-2)25-15-16-27-28(19-25)39-18-17-38-27/h9-12,15-16,19,24,26H,4-8,13-14,17-18,20-21H2,1-3H3,(H,31,35). The number of rotatable bonds is 11. The Morgan fingerprint density at radius 3 is 2.38 bits per heavy atom. The number of anilines is 1. The van der Waals surface area contributed by atoms with Gasteiger partial charge in [0.15, 0.2) is 11.5 Å². The zero-order chi connectivity index (χ0) is 28.7. The van der Waals surface area contributed by atoms with Crippen LogP contribution in [-0.2, 0) is 26.2 Å². The maximum Gasteiger partial charge on any atom is 0.244 e. The van der Waals surface area contributed by atoms with Crippen LogP contribution >= 0.6 is 0 Å². The molecule has 2 aromatic carbocycles. The van der Waals surface area contributed by atoms with Crippen molar-refractivity contribution >= 4 is 27.5 Å². The van der Waals surface area contributed by atoms with Gasteiger partial charge in [-0.1, -0.05) is 50.5 Å². The Hall–Kier alpha value is -3.27. The molecule has 1 saturated carbocycles. The highest BCUT2D eigenvalue weighted by Gasteiger charge is 2.34. The number of hydrogen-bond donors (Lipinski definition) is 1. The largest absolute Gasteiger partial charge is 0.486 e. The van der Waals surface area contributed by atoms with Gasteiger partial charge in [0, 0.05) is 18.7 Å². The third-order valence-electron chi connectivity index (χ3n) is 7.73. The molecule has 40 heavy (non-hydrogen) atoms. The third kappa shape index (κ3) is 7.08. The van der Waals surface area contributed by atoms with Crippen molar-refractivity contribution in [3.8, 4) is 11.5 Å². The predicted octanol–water partition coefficient (Wildman–Crippen LogP) is 4.18. The second-order valence-corrected chi connectivity index (χ2v) is 12.6. The Morgan fingerprint density at radius 2 is 1.70 bits per heavy atom. The SMILES string of the molecule is CCC(C(=O)NC1CCCCC1)N(Cc1ccccc1C)C(=O)CN(c1ccc2c(c1)OCCO2)S(=O)(=O)CC. The minimum atomic E-state index is -3.84. The first-order chi connectivity index (χ1) is 19.2. The zero-order valence-corrected chi connectivity index (χ0v) is 24.5. The lowest BCUT2D eigenvalue weighted by Gasteiger charge is -2.35. The van der Waals surface area contributed by atoms with Gasteiger partial charge in [-0.15, -0.1) is 0 Å². The fraction of sp³-hybridized carbons (Fsp3) is 0.533. The van der Waals surface area contributed by atoms with E-state index in [0.29, 0.717) is 36.8 Å². The van der Waals surface area contributed by atoms with E-state index in [2.05, 4.69) is 5.32 Å². The first kappa shape index (κ1) is 29.7. The Labute approximate surface area is 237 Å². The summed E-state index contributed by atoms with van der Waals surface area (Å²) in [5.41, 5.74) is 2.21. The number of benzene rings is 2. The highest BCUT2D eigenvalue weighted by molar-refractivity contribution is 7.92. The number of fused-ring (bicyclic) bond motifs is 1. The zero-order valence-electron chi connectivity index (χ0n) is 23.7. The van der Waals surface area contributed by atoms with Gasteiger partial charge in [0.1, 0.15) is 25.8 Å². The fourth-order valence-electron chi connectivity index (χ4n) is 5.34. The van der Waals surface area contributed by atoms with E-state index in [1.165, 1.54) is 11.3 Å². The van der Waals surface area contributed by atoms with Crippen LogP contribution in [0.1, 0.15) is 63.5 Å². The van der Waals surface area contributed by atoms with E-state index in [9.17, 15) is 18.0 Å². The normalized spacial score (nSPS) is 16.2. The van der Waals surface area contributed by atoms with Crippen LogP contribution in [0.25, 0.3) is 0 Å². The molecule has 10 heteroatoms. The molecule has 2 aromatic rings. The Balaban J connectivity index is 1.65. The van der Waals surface area contributed by atoms with Crippen LogP contribution in [0.3, 0.4) is 0 Å². The maximum atomic E-state index is 14.1. The van der Waals surface area contributed by atoms with Crippen molar-refractivity contribution in [2.75, 3.05) is 29.8 Å². The summed E-state index contributed by atoms with van der Waals surface area (Å²) in [5, 5.41) is 3.17. The summed E-state index contributed by atoms with van der Waals surface area (Å²) in [6, 6.07) is 11.9. The number of hydrogen-bond acceptors (Lipinski definition) is 6. The molecule has 218 valence electrons. The van der Waals surface area contributed by atoms with Crippen LogP contribution in [0, 0.1) is 6.92 Å². The van der Waals surface area contributed by atoms with Crippen molar-refractivity contribution in [3.63, 3.8) is 0 Å². The fourth-order valence-corrected chi connectivity index (χ4v) is 6.40. The lowest BCUT2D eigenvalue weighted by molar-refractivity contribution is -0.140. The topological polar surface area (TPSA) is 105 Å². The van der Waals surface area contributed by atoms with Crippen molar-refractivity contribution in [1.29, 1.82) is 0 Å². The summed E-state index contributed by atoms with van der Waals surface area (Å²) in [6.45, 7) is 5.92. The minimum absolute atomic E-state index is 0.0976. The van der Waals surface area contributed by atoms with Crippen molar-refractivity contribution in [1.82, 2.24) is 10.2 Å². The van der Waals surface area contributed by atoms with Crippen LogP contribution < -0.4 is 19.1 Å². The van der Waals surface area contributed by atoms with E-state index < -0.39 is 28.5 Å². The second-order valence-electron chi connectivity index (χ2n) is 10.5. The van der Waals surface area contributed by atoms with Gasteiger partial charge in [-0.25, -0.2) is 8.42 Å². The molecule has 1 heterocycles. The van der Waals surface area contributed by atoms with E-state index in [4.69, 9.17) is 9.47 Å². The minimum Gasteiger partial charge on any atom is -0.486 e. The molecule has 0 spiro atoms. The third-order valence-corrected chi connectivity index (χ3v) is 9.47. The van der Waals surface area contributed by atoms with Crippen LogP contribution in [0.4, 0.5) is 5.69 Å². The molecule has 2 amide bonds. The highest BCUT2D eigenvalue weighted by Crippen LogP contribution is 2.35. The van der Waals surface area contributed by atoms with Gasteiger partial charge in [0.2, 0.25) is 21.8 Å². The van der Waals surface area contributed by atoms with E-state index in [0.717, 1.165) is 41.1 Å². The molecule has 0 saturated heterocycles. The number of sulfonamides is 1. The van der Waals surface area contributed by atoms with Crippen LogP contribution in [0.15, 0.2) is 42.5 Å². The van der Waals surface area contributed by atoms with Crippen LogP contribution in [0.5, 0.6) is 11.5 Å². The summed E-state index contributed by atoms with van der Waals surface area (Å²) >= 11 is 0. The number of aryl methyl sites for hydroxylation is 1. The number of nitrogens with zero attached hydrogens (tertiary/aromatic N) is 2. The van der Waals surface area contributed by atoms with Gasteiger partial charge >= 0.3 is 0 Å². The average Bonchev–Trinajstić information content (AvgIpc) is 2.96. The van der Waals surface area contributed by atoms with Gasteiger partial charge in [-0.05, 0) is 56.4 Å². The lowest BCUT2D eigenvalue weighted by atomic mass is 9.95. The van der Waals surface area contributed by atoms with Crippen LogP contribution in [-0.4, -0.2) is 62.7 Å². The van der Waals surface area contributed by atoms with Gasteiger partial charge in [0.05, 0.1) is 11.4 Å².